The van der Waals surface area contributed by atoms with Crippen LogP contribution in [-0.4, -0.2) is 40.0 Å². The van der Waals surface area contributed by atoms with E-state index in [-0.39, 0.29) is 28.8 Å². The van der Waals surface area contributed by atoms with E-state index in [1.165, 1.54) is 30.5 Å². The van der Waals surface area contributed by atoms with Crippen molar-refractivity contribution in [2.75, 3.05) is 29.0 Å². The number of nitrogens with one attached hydrogen (secondary N) is 1. The van der Waals surface area contributed by atoms with Crippen LogP contribution in [0.4, 0.5) is 30.2 Å². The molecule has 11 heteroatoms. The Labute approximate surface area is 187 Å². The molecule has 0 spiro atoms. The van der Waals surface area contributed by atoms with E-state index in [9.17, 15) is 18.0 Å². The zero-order valence-electron chi connectivity index (χ0n) is 17.5. The number of carbonyl (C=O) groups excluding carboxylic acids is 1. The summed E-state index contributed by atoms with van der Waals surface area (Å²) in [6, 6.07) is 8.12. The van der Waals surface area contributed by atoms with Crippen LogP contribution in [0.5, 0.6) is 0 Å². The molecule has 1 amide bonds. The molecular weight excluding hydrogens is 435 g/mol. The second kappa shape index (κ2) is 9.02. The SMILES string of the molecule is Nc1ccc(-c2cccc(C(F)(F)F)n2)nc1C(=O)Nc1cnccc1N1CCCC(N)C1. The third-order valence-corrected chi connectivity index (χ3v) is 5.29. The van der Waals surface area contributed by atoms with Crippen molar-refractivity contribution in [3.05, 3.63) is 60.2 Å². The zero-order chi connectivity index (χ0) is 23.6. The summed E-state index contributed by atoms with van der Waals surface area (Å²) < 4.78 is 39.1. The smallest absolute Gasteiger partial charge is 0.397 e. The number of nitrogen functional groups attached to an aromatic ring is 1. The number of alkyl halides is 3. The number of aromatic nitrogens is 3. The second-order valence-corrected chi connectivity index (χ2v) is 7.74. The molecule has 0 saturated carbocycles. The molecular formula is C22H22F3N7O. The van der Waals surface area contributed by atoms with Gasteiger partial charge in [0, 0.05) is 25.3 Å². The Balaban J connectivity index is 1.62. The Morgan fingerprint density at radius 3 is 2.67 bits per heavy atom. The predicted octanol–water partition coefficient (Wildman–Crippen LogP) is 3.32. The highest BCUT2D eigenvalue weighted by atomic mass is 19.4. The zero-order valence-corrected chi connectivity index (χ0v) is 17.5. The van der Waals surface area contributed by atoms with Gasteiger partial charge in [0.1, 0.15) is 5.69 Å². The van der Waals surface area contributed by atoms with Gasteiger partial charge in [0.2, 0.25) is 0 Å². The third kappa shape index (κ3) is 5.03. The van der Waals surface area contributed by atoms with E-state index < -0.39 is 17.8 Å². The van der Waals surface area contributed by atoms with Gasteiger partial charge < -0.3 is 21.7 Å². The van der Waals surface area contributed by atoms with Crippen LogP contribution in [0, 0.1) is 0 Å². The fourth-order valence-corrected chi connectivity index (χ4v) is 3.70. The van der Waals surface area contributed by atoms with Crippen molar-refractivity contribution in [2.24, 2.45) is 5.73 Å². The van der Waals surface area contributed by atoms with E-state index in [4.69, 9.17) is 11.5 Å². The van der Waals surface area contributed by atoms with Crippen molar-refractivity contribution in [3.8, 4) is 11.4 Å². The number of pyridine rings is 3. The van der Waals surface area contributed by atoms with Gasteiger partial charge in [0.15, 0.2) is 5.69 Å². The number of carbonyl (C=O) groups is 1. The van der Waals surface area contributed by atoms with Gasteiger partial charge in [-0.1, -0.05) is 6.07 Å². The summed E-state index contributed by atoms with van der Waals surface area (Å²) in [4.78, 5) is 27.0. The van der Waals surface area contributed by atoms with Crippen molar-refractivity contribution in [3.63, 3.8) is 0 Å². The molecule has 3 aromatic heterocycles. The molecule has 1 aliphatic rings. The molecule has 1 saturated heterocycles. The van der Waals surface area contributed by atoms with Crippen LogP contribution in [-0.2, 0) is 6.18 Å². The van der Waals surface area contributed by atoms with Crippen molar-refractivity contribution < 1.29 is 18.0 Å². The van der Waals surface area contributed by atoms with Crippen LogP contribution in [0.3, 0.4) is 0 Å². The summed E-state index contributed by atoms with van der Waals surface area (Å²) in [5.74, 6) is -0.614. The van der Waals surface area contributed by atoms with E-state index in [0.29, 0.717) is 12.2 Å². The lowest BCUT2D eigenvalue weighted by Gasteiger charge is -2.33. The number of nitrogens with two attached hydrogens (primary N) is 2. The van der Waals surface area contributed by atoms with Crippen LogP contribution in [0.25, 0.3) is 11.4 Å². The van der Waals surface area contributed by atoms with Gasteiger partial charge >= 0.3 is 6.18 Å². The number of rotatable bonds is 4. The molecule has 8 nitrogen and oxygen atoms in total. The molecule has 4 heterocycles. The molecule has 0 aromatic carbocycles. The Bertz CT molecular complexity index is 1170. The van der Waals surface area contributed by atoms with E-state index in [2.05, 4.69) is 25.2 Å². The minimum Gasteiger partial charge on any atom is -0.397 e. The van der Waals surface area contributed by atoms with Gasteiger partial charge in [0.05, 0.1) is 34.6 Å². The first-order chi connectivity index (χ1) is 15.7. The lowest BCUT2D eigenvalue weighted by Crippen LogP contribution is -2.43. The Morgan fingerprint density at radius 1 is 1.12 bits per heavy atom. The first kappa shape index (κ1) is 22.5. The van der Waals surface area contributed by atoms with Gasteiger partial charge in [-0.2, -0.15) is 13.2 Å². The highest BCUT2D eigenvalue weighted by molar-refractivity contribution is 6.07. The Morgan fingerprint density at radius 2 is 1.91 bits per heavy atom. The van der Waals surface area contributed by atoms with E-state index in [1.807, 2.05) is 0 Å². The maximum atomic E-state index is 13.0. The van der Waals surface area contributed by atoms with E-state index >= 15 is 0 Å². The molecule has 4 rings (SSSR count). The second-order valence-electron chi connectivity index (χ2n) is 7.74. The number of anilines is 3. The molecule has 0 bridgehead atoms. The fourth-order valence-electron chi connectivity index (χ4n) is 3.70. The molecule has 5 N–H and O–H groups in total. The maximum Gasteiger partial charge on any atom is 0.433 e. The molecule has 33 heavy (non-hydrogen) atoms. The maximum absolute atomic E-state index is 13.0. The van der Waals surface area contributed by atoms with Gasteiger partial charge in [0.25, 0.3) is 5.91 Å². The average Bonchev–Trinajstić information content (AvgIpc) is 2.79. The standard InChI is InChI=1S/C22H22F3N7O/c23-22(24,25)19-5-1-4-15(29-19)16-7-6-14(27)20(30-16)21(33)31-17-11-28-9-8-18(17)32-10-2-3-13(26)12-32/h1,4-9,11,13H,2-3,10,12,26-27H2,(H,31,33). The highest BCUT2D eigenvalue weighted by Crippen LogP contribution is 2.30. The van der Waals surface area contributed by atoms with Crippen LogP contribution in [0.1, 0.15) is 29.0 Å². The van der Waals surface area contributed by atoms with Crippen LogP contribution in [0.15, 0.2) is 48.8 Å². The Kier molecular flexibility index (Phi) is 6.14. The largest absolute Gasteiger partial charge is 0.433 e. The highest BCUT2D eigenvalue weighted by Gasteiger charge is 2.32. The number of hydrogen-bond donors (Lipinski definition) is 3. The minimum atomic E-state index is -4.60. The Hall–Kier alpha value is -3.73. The third-order valence-electron chi connectivity index (χ3n) is 5.29. The summed E-state index contributed by atoms with van der Waals surface area (Å²) in [6.45, 7) is 1.43. The average molecular weight is 457 g/mol. The number of halogens is 3. The van der Waals surface area contributed by atoms with E-state index in [0.717, 1.165) is 31.1 Å². The molecule has 3 aromatic rings. The molecule has 1 aliphatic heterocycles. The minimum absolute atomic E-state index is 0.0248. The van der Waals surface area contributed by atoms with Crippen LogP contribution >= 0.6 is 0 Å². The predicted molar refractivity (Wildman–Crippen MR) is 118 cm³/mol. The van der Waals surface area contributed by atoms with Crippen molar-refractivity contribution in [1.29, 1.82) is 0 Å². The first-order valence-corrected chi connectivity index (χ1v) is 10.3. The topological polar surface area (TPSA) is 123 Å². The van der Waals surface area contributed by atoms with Gasteiger partial charge in [-0.3, -0.25) is 9.78 Å². The molecule has 1 unspecified atom stereocenters. The normalized spacial score (nSPS) is 16.5. The number of amides is 1. The molecule has 172 valence electrons. The van der Waals surface area contributed by atoms with Gasteiger partial charge in [-0.15, -0.1) is 0 Å². The van der Waals surface area contributed by atoms with Gasteiger partial charge in [-0.25, -0.2) is 9.97 Å². The summed E-state index contributed by atoms with van der Waals surface area (Å²) in [5.41, 5.74) is 12.2. The summed E-state index contributed by atoms with van der Waals surface area (Å²) >= 11 is 0. The lowest BCUT2D eigenvalue weighted by atomic mass is 10.1. The van der Waals surface area contributed by atoms with Gasteiger partial charge in [-0.05, 0) is 43.2 Å². The number of nitrogens with zero attached hydrogens (tertiary/aromatic N) is 4. The monoisotopic (exact) mass is 457 g/mol. The number of hydrogen-bond acceptors (Lipinski definition) is 7. The van der Waals surface area contributed by atoms with E-state index in [1.54, 1.807) is 12.3 Å². The van der Waals surface area contributed by atoms with Crippen molar-refractivity contribution in [2.45, 2.75) is 25.1 Å². The van der Waals surface area contributed by atoms with Crippen LogP contribution in [0.2, 0.25) is 0 Å². The summed E-state index contributed by atoms with van der Waals surface area (Å²) in [6.07, 6.45) is 0.397. The fraction of sp³-hybridized carbons (Fsp3) is 0.273. The summed E-state index contributed by atoms with van der Waals surface area (Å²) in [5, 5.41) is 2.77. The molecule has 1 atom stereocenters. The molecule has 0 radical (unpaired) electrons. The lowest BCUT2D eigenvalue weighted by molar-refractivity contribution is -0.141. The van der Waals surface area contributed by atoms with Crippen molar-refractivity contribution >= 4 is 23.0 Å². The van der Waals surface area contributed by atoms with Crippen molar-refractivity contribution in [1.82, 2.24) is 15.0 Å². The quantitative estimate of drug-likeness (QED) is 0.549. The van der Waals surface area contributed by atoms with Crippen LogP contribution < -0.4 is 21.7 Å². The first-order valence-electron chi connectivity index (χ1n) is 10.3. The number of piperidine rings is 1. The summed E-state index contributed by atoms with van der Waals surface area (Å²) in [7, 11) is 0. The molecule has 0 aliphatic carbocycles. The molecule has 1 fully saturated rings.